The maximum Gasteiger partial charge on any atom is 0.137 e. The number of pyridine rings is 1. The van der Waals surface area contributed by atoms with Crippen LogP contribution in [0.1, 0.15) is 0 Å². The van der Waals surface area contributed by atoms with Gasteiger partial charge >= 0.3 is 0 Å². The summed E-state index contributed by atoms with van der Waals surface area (Å²) in [5.74, 6) is 0.869. The highest BCUT2D eigenvalue weighted by Gasteiger charge is 2.04. The first-order valence-electron chi connectivity index (χ1n) is 5.45. The molecule has 0 amide bonds. The van der Waals surface area contributed by atoms with Gasteiger partial charge in [0.2, 0.25) is 0 Å². The number of rotatable bonds is 2. The van der Waals surface area contributed by atoms with Crippen molar-refractivity contribution in [3.63, 3.8) is 0 Å². The van der Waals surface area contributed by atoms with Gasteiger partial charge in [0.15, 0.2) is 0 Å². The van der Waals surface area contributed by atoms with Crippen molar-refractivity contribution in [3.8, 4) is 16.9 Å². The Morgan fingerprint density at radius 1 is 1.06 bits per heavy atom. The third kappa shape index (κ3) is 1.65. The van der Waals surface area contributed by atoms with Gasteiger partial charge in [-0.2, -0.15) is 0 Å². The Morgan fingerprint density at radius 2 is 1.88 bits per heavy atom. The molecule has 2 aromatic heterocycles. The van der Waals surface area contributed by atoms with Crippen LogP contribution in [0.4, 0.5) is 0 Å². The smallest absolute Gasteiger partial charge is 0.137 e. The molecule has 0 aliphatic rings. The van der Waals surface area contributed by atoms with E-state index in [0.29, 0.717) is 0 Å². The van der Waals surface area contributed by atoms with Gasteiger partial charge in [0.1, 0.15) is 11.4 Å². The lowest BCUT2D eigenvalue weighted by Gasteiger charge is -2.04. The molecule has 0 bridgehead atoms. The van der Waals surface area contributed by atoms with Crippen LogP contribution in [0.15, 0.2) is 48.8 Å². The normalized spacial score (nSPS) is 10.6. The quantitative estimate of drug-likeness (QED) is 0.725. The van der Waals surface area contributed by atoms with E-state index in [-0.39, 0.29) is 0 Å². The van der Waals surface area contributed by atoms with Gasteiger partial charge in [-0.05, 0) is 35.4 Å². The molecular weight excluding hydrogens is 212 g/mol. The SMILES string of the molecule is COc1ccc(-c2ccnc3[nH]ccc23)cc1. The lowest BCUT2D eigenvalue weighted by Crippen LogP contribution is -1.84. The lowest BCUT2D eigenvalue weighted by atomic mass is 10.0. The van der Waals surface area contributed by atoms with Crippen molar-refractivity contribution >= 4 is 11.0 Å². The molecule has 0 spiro atoms. The molecule has 17 heavy (non-hydrogen) atoms. The number of nitrogens with one attached hydrogen (secondary N) is 1. The van der Waals surface area contributed by atoms with E-state index < -0.39 is 0 Å². The Kier molecular flexibility index (Phi) is 2.29. The molecule has 2 heterocycles. The molecule has 3 aromatic rings. The third-order valence-corrected chi connectivity index (χ3v) is 2.86. The average Bonchev–Trinajstić information content (AvgIpc) is 2.87. The fraction of sp³-hybridized carbons (Fsp3) is 0.0714. The van der Waals surface area contributed by atoms with Gasteiger partial charge in [0.25, 0.3) is 0 Å². The number of ether oxygens (including phenoxy) is 1. The average molecular weight is 224 g/mol. The second kappa shape index (κ2) is 3.94. The Labute approximate surface area is 99.1 Å². The van der Waals surface area contributed by atoms with Crippen molar-refractivity contribution in [3.05, 3.63) is 48.8 Å². The van der Waals surface area contributed by atoms with E-state index in [1.54, 1.807) is 7.11 Å². The molecule has 0 aliphatic carbocycles. The van der Waals surface area contributed by atoms with Gasteiger partial charge in [-0.25, -0.2) is 4.98 Å². The molecule has 3 nitrogen and oxygen atoms in total. The first kappa shape index (κ1) is 9.90. The first-order chi connectivity index (χ1) is 8.38. The molecule has 0 fully saturated rings. The number of hydrogen-bond donors (Lipinski definition) is 1. The maximum absolute atomic E-state index is 5.16. The van der Waals surface area contributed by atoms with E-state index in [2.05, 4.69) is 22.1 Å². The summed E-state index contributed by atoms with van der Waals surface area (Å²) >= 11 is 0. The predicted molar refractivity (Wildman–Crippen MR) is 68.1 cm³/mol. The van der Waals surface area contributed by atoms with Crippen molar-refractivity contribution in [2.75, 3.05) is 7.11 Å². The number of fused-ring (bicyclic) bond motifs is 1. The number of hydrogen-bond acceptors (Lipinski definition) is 2. The molecule has 3 heteroatoms. The Hall–Kier alpha value is -2.29. The molecule has 0 aliphatic heterocycles. The fourth-order valence-electron chi connectivity index (χ4n) is 1.98. The minimum Gasteiger partial charge on any atom is -0.497 e. The van der Waals surface area contributed by atoms with Crippen LogP contribution in [0.25, 0.3) is 22.2 Å². The highest BCUT2D eigenvalue weighted by atomic mass is 16.5. The minimum atomic E-state index is 0.869. The van der Waals surface area contributed by atoms with Gasteiger partial charge in [0.05, 0.1) is 7.11 Å². The van der Waals surface area contributed by atoms with Crippen molar-refractivity contribution in [1.82, 2.24) is 9.97 Å². The monoisotopic (exact) mass is 224 g/mol. The number of benzene rings is 1. The summed E-state index contributed by atoms with van der Waals surface area (Å²) in [4.78, 5) is 7.40. The molecule has 1 N–H and O–H groups in total. The molecular formula is C14H12N2O. The van der Waals surface area contributed by atoms with Crippen molar-refractivity contribution in [1.29, 1.82) is 0 Å². The zero-order valence-electron chi connectivity index (χ0n) is 9.47. The van der Waals surface area contributed by atoms with Crippen molar-refractivity contribution < 1.29 is 4.74 Å². The topological polar surface area (TPSA) is 37.9 Å². The van der Waals surface area contributed by atoms with Crippen LogP contribution in [0, 0.1) is 0 Å². The second-order valence-electron chi connectivity index (χ2n) is 3.83. The molecule has 0 atom stereocenters. The highest BCUT2D eigenvalue weighted by molar-refractivity contribution is 5.92. The van der Waals surface area contributed by atoms with E-state index in [1.807, 2.05) is 36.7 Å². The summed E-state index contributed by atoms with van der Waals surface area (Å²) in [5, 5.41) is 1.14. The van der Waals surface area contributed by atoms with E-state index in [1.165, 1.54) is 5.56 Å². The van der Waals surface area contributed by atoms with E-state index >= 15 is 0 Å². The van der Waals surface area contributed by atoms with Crippen molar-refractivity contribution in [2.45, 2.75) is 0 Å². The minimum absolute atomic E-state index is 0.869. The highest BCUT2D eigenvalue weighted by Crippen LogP contribution is 2.28. The Bertz CT molecular complexity index is 641. The van der Waals surface area contributed by atoms with Crippen LogP contribution in [0.3, 0.4) is 0 Å². The first-order valence-corrected chi connectivity index (χ1v) is 5.45. The second-order valence-corrected chi connectivity index (χ2v) is 3.83. The number of nitrogens with zero attached hydrogens (tertiary/aromatic N) is 1. The summed E-state index contributed by atoms with van der Waals surface area (Å²) in [6.45, 7) is 0. The number of methoxy groups -OCH3 is 1. The molecule has 0 radical (unpaired) electrons. The Morgan fingerprint density at radius 3 is 2.65 bits per heavy atom. The summed E-state index contributed by atoms with van der Waals surface area (Å²) in [5.41, 5.74) is 3.26. The molecule has 0 saturated carbocycles. The van der Waals surface area contributed by atoms with Crippen LogP contribution in [0.2, 0.25) is 0 Å². The predicted octanol–water partition coefficient (Wildman–Crippen LogP) is 3.24. The van der Waals surface area contributed by atoms with Gasteiger partial charge in [-0.3, -0.25) is 0 Å². The molecule has 1 aromatic carbocycles. The zero-order valence-corrected chi connectivity index (χ0v) is 9.47. The van der Waals surface area contributed by atoms with E-state index in [0.717, 1.165) is 22.3 Å². The third-order valence-electron chi connectivity index (χ3n) is 2.86. The molecule has 84 valence electrons. The summed E-state index contributed by atoms with van der Waals surface area (Å²) in [6, 6.07) is 12.1. The fourth-order valence-corrected chi connectivity index (χ4v) is 1.98. The van der Waals surface area contributed by atoms with Gasteiger partial charge in [-0.1, -0.05) is 12.1 Å². The maximum atomic E-state index is 5.16. The van der Waals surface area contributed by atoms with E-state index in [4.69, 9.17) is 4.74 Å². The summed E-state index contributed by atoms with van der Waals surface area (Å²) in [7, 11) is 1.67. The number of aromatic nitrogens is 2. The molecule has 0 unspecified atom stereocenters. The van der Waals surface area contributed by atoms with Crippen LogP contribution >= 0.6 is 0 Å². The number of H-pyrrole nitrogens is 1. The summed E-state index contributed by atoms with van der Waals surface area (Å²) in [6.07, 6.45) is 3.73. The molecule has 0 saturated heterocycles. The summed E-state index contributed by atoms with van der Waals surface area (Å²) < 4.78 is 5.16. The van der Waals surface area contributed by atoms with Crippen LogP contribution < -0.4 is 4.74 Å². The number of aromatic amines is 1. The standard InChI is InChI=1S/C14H12N2O/c1-17-11-4-2-10(3-5-11)12-6-8-15-14-13(12)7-9-16-14/h2-9H,1H3,(H,15,16). The van der Waals surface area contributed by atoms with Gasteiger partial charge in [-0.15, -0.1) is 0 Å². The van der Waals surface area contributed by atoms with Gasteiger partial charge < -0.3 is 9.72 Å². The molecule has 3 rings (SSSR count). The van der Waals surface area contributed by atoms with Crippen LogP contribution in [0.5, 0.6) is 5.75 Å². The largest absolute Gasteiger partial charge is 0.497 e. The van der Waals surface area contributed by atoms with Crippen LogP contribution in [-0.2, 0) is 0 Å². The zero-order chi connectivity index (χ0) is 11.7. The van der Waals surface area contributed by atoms with Gasteiger partial charge in [0, 0.05) is 17.8 Å². The van der Waals surface area contributed by atoms with E-state index in [9.17, 15) is 0 Å². The van der Waals surface area contributed by atoms with Crippen LogP contribution in [-0.4, -0.2) is 17.1 Å². The Balaban J connectivity index is 2.16. The lowest BCUT2D eigenvalue weighted by molar-refractivity contribution is 0.415. The van der Waals surface area contributed by atoms with Crippen molar-refractivity contribution in [2.24, 2.45) is 0 Å².